The quantitative estimate of drug-likeness (QED) is 0.837. The van der Waals surface area contributed by atoms with Crippen LogP contribution in [0.15, 0.2) is 18.2 Å². The fourth-order valence-corrected chi connectivity index (χ4v) is 1.73. The molecule has 1 unspecified atom stereocenters. The standard InChI is InChI=1S/C13H18Cl2O3/c1-9(2)6-17-7-11(16)8-18-13-4-3-10(14)5-12(13)15/h3-5,9,11,16H,6-8H2,1-2H3. The van der Waals surface area contributed by atoms with E-state index in [9.17, 15) is 5.11 Å². The van der Waals surface area contributed by atoms with E-state index in [1.807, 2.05) is 0 Å². The summed E-state index contributed by atoms with van der Waals surface area (Å²) in [5, 5.41) is 10.6. The van der Waals surface area contributed by atoms with Gasteiger partial charge in [-0.2, -0.15) is 0 Å². The molecule has 0 aliphatic rings. The van der Waals surface area contributed by atoms with Gasteiger partial charge in [-0.05, 0) is 24.1 Å². The highest BCUT2D eigenvalue weighted by atomic mass is 35.5. The molecule has 3 nitrogen and oxygen atoms in total. The molecule has 5 heteroatoms. The largest absolute Gasteiger partial charge is 0.489 e. The Morgan fingerprint density at radius 2 is 1.89 bits per heavy atom. The molecule has 0 bridgehead atoms. The Morgan fingerprint density at radius 1 is 1.17 bits per heavy atom. The van der Waals surface area contributed by atoms with Gasteiger partial charge in [-0.25, -0.2) is 0 Å². The highest BCUT2D eigenvalue weighted by Gasteiger charge is 2.08. The Bertz CT molecular complexity index is 369. The summed E-state index contributed by atoms with van der Waals surface area (Å²) in [5.41, 5.74) is 0. The molecule has 1 aromatic carbocycles. The smallest absolute Gasteiger partial charge is 0.138 e. The SMILES string of the molecule is CC(C)COCC(O)COc1ccc(Cl)cc1Cl. The molecule has 0 saturated heterocycles. The van der Waals surface area contributed by atoms with E-state index in [1.54, 1.807) is 18.2 Å². The fourth-order valence-electron chi connectivity index (χ4n) is 1.27. The van der Waals surface area contributed by atoms with Gasteiger partial charge in [-0.1, -0.05) is 37.0 Å². The molecular formula is C13H18Cl2O3. The van der Waals surface area contributed by atoms with Crippen molar-refractivity contribution in [3.05, 3.63) is 28.2 Å². The van der Waals surface area contributed by atoms with E-state index in [1.165, 1.54) is 0 Å². The number of halogens is 2. The Kier molecular flexibility index (Phi) is 6.79. The molecule has 18 heavy (non-hydrogen) atoms. The molecule has 0 fully saturated rings. The molecule has 1 atom stereocenters. The molecule has 0 aliphatic carbocycles. The number of hydrogen-bond donors (Lipinski definition) is 1. The number of aliphatic hydroxyl groups is 1. The van der Waals surface area contributed by atoms with Gasteiger partial charge >= 0.3 is 0 Å². The Balaban J connectivity index is 2.31. The summed E-state index contributed by atoms with van der Waals surface area (Å²) in [5.74, 6) is 0.952. The van der Waals surface area contributed by atoms with Gasteiger partial charge in [0.1, 0.15) is 18.5 Å². The zero-order valence-corrected chi connectivity index (χ0v) is 12.0. The third kappa shape index (κ3) is 5.91. The van der Waals surface area contributed by atoms with Gasteiger partial charge in [0, 0.05) is 11.6 Å². The van der Waals surface area contributed by atoms with Gasteiger partial charge in [0.05, 0.1) is 11.6 Å². The van der Waals surface area contributed by atoms with E-state index in [0.717, 1.165) is 0 Å². The van der Waals surface area contributed by atoms with Crippen LogP contribution in [0, 0.1) is 5.92 Å². The van der Waals surface area contributed by atoms with Crippen LogP contribution in [0.25, 0.3) is 0 Å². The molecule has 0 radical (unpaired) electrons. The zero-order valence-electron chi connectivity index (χ0n) is 10.5. The van der Waals surface area contributed by atoms with Crippen molar-refractivity contribution in [1.29, 1.82) is 0 Å². The second-order valence-corrected chi connectivity index (χ2v) is 5.31. The van der Waals surface area contributed by atoms with Crippen LogP contribution in [-0.4, -0.2) is 31.0 Å². The third-order valence-corrected chi connectivity index (χ3v) is 2.62. The summed E-state index contributed by atoms with van der Waals surface area (Å²) in [6.45, 7) is 5.12. The average Bonchev–Trinajstić information content (AvgIpc) is 2.27. The van der Waals surface area contributed by atoms with Crippen molar-refractivity contribution in [3.8, 4) is 5.75 Å². The van der Waals surface area contributed by atoms with Crippen LogP contribution in [0.4, 0.5) is 0 Å². The lowest BCUT2D eigenvalue weighted by Gasteiger charge is -2.14. The maximum atomic E-state index is 9.65. The molecular weight excluding hydrogens is 275 g/mol. The number of aliphatic hydroxyl groups excluding tert-OH is 1. The summed E-state index contributed by atoms with van der Waals surface area (Å²) in [4.78, 5) is 0. The maximum absolute atomic E-state index is 9.65. The molecule has 102 valence electrons. The van der Waals surface area contributed by atoms with E-state index in [2.05, 4.69) is 13.8 Å². The van der Waals surface area contributed by atoms with Crippen molar-refractivity contribution in [2.24, 2.45) is 5.92 Å². The summed E-state index contributed by atoms with van der Waals surface area (Å²) in [6.07, 6.45) is -0.671. The fraction of sp³-hybridized carbons (Fsp3) is 0.538. The van der Waals surface area contributed by atoms with Crippen molar-refractivity contribution in [1.82, 2.24) is 0 Å². The van der Waals surface area contributed by atoms with Gasteiger partial charge in [-0.3, -0.25) is 0 Å². The van der Waals surface area contributed by atoms with Crippen molar-refractivity contribution in [2.75, 3.05) is 19.8 Å². The van der Waals surface area contributed by atoms with Gasteiger partial charge in [0.15, 0.2) is 0 Å². The van der Waals surface area contributed by atoms with E-state index >= 15 is 0 Å². The van der Waals surface area contributed by atoms with Crippen LogP contribution in [0.5, 0.6) is 5.75 Å². The first kappa shape index (κ1) is 15.6. The predicted molar refractivity (Wildman–Crippen MR) is 73.6 cm³/mol. The number of hydrogen-bond acceptors (Lipinski definition) is 3. The van der Waals surface area contributed by atoms with Gasteiger partial charge in [-0.15, -0.1) is 0 Å². The highest BCUT2D eigenvalue weighted by Crippen LogP contribution is 2.27. The van der Waals surface area contributed by atoms with E-state index in [0.29, 0.717) is 28.3 Å². The lowest BCUT2D eigenvalue weighted by atomic mass is 10.2. The van der Waals surface area contributed by atoms with Crippen LogP contribution < -0.4 is 4.74 Å². The molecule has 0 saturated carbocycles. The Hall–Kier alpha value is -0.480. The lowest BCUT2D eigenvalue weighted by molar-refractivity contribution is 0.00395. The summed E-state index contributed by atoms with van der Waals surface area (Å²) < 4.78 is 10.7. The van der Waals surface area contributed by atoms with Gasteiger partial charge in [0.25, 0.3) is 0 Å². The van der Waals surface area contributed by atoms with Crippen LogP contribution in [0.2, 0.25) is 10.0 Å². The van der Waals surface area contributed by atoms with Gasteiger partial charge in [0.2, 0.25) is 0 Å². The minimum absolute atomic E-state index is 0.138. The second kappa shape index (κ2) is 7.85. The Morgan fingerprint density at radius 3 is 2.50 bits per heavy atom. The number of benzene rings is 1. The molecule has 1 aromatic rings. The molecule has 0 heterocycles. The van der Waals surface area contributed by atoms with E-state index < -0.39 is 6.10 Å². The molecule has 0 amide bonds. The lowest BCUT2D eigenvalue weighted by Crippen LogP contribution is -2.24. The topological polar surface area (TPSA) is 38.7 Å². The second-order valence-electron chi connectivity index (χ2n) is 4.47. The third-order valence-electron chi connectivity index (χ3n) is 2.09. The minimum Gasteiger partial charge on any atom is -0.489 e. The van der Waals surface area contributed by atoms with Crippen molar-refractivity contribution in [2.45, 2.75) is 20.0 Å². The number of ether oxygens (including phenoxy) is 2. The van der Waals surface area contributed by atoms with E-state index in [-0.39, 0.29) is 13.2 Å². The normalized spacial score (nSPS) is 12.8. The molecule has 1 rings (SSSR count). The molecule has 1 N–H and O–H groups in total. The summed E-state index contributed by atoms with van der Waals surface area (Å²) in [6, 6.07) is 4.96. The zero-order chi connectivity index (χ0) is 13.5. The van der Waals surface area contributed by atoms with Crippen molar-refractivity contribution < 1.29 is 14.6 Å². The summed E-state index contributed by atoms with van der Waals surface area (Å²) >= 11 is 11.7. The highest BCUT2D eigenvalue weighted by molar-refractivity contribution is 6.35. The predicted octanol–water partition coefficient (Wildman–Crippen LogP) is 3.41. The minimum atomic E-state index is -0.671. The van der Waals surface area contributed by atoms with E-state index in [4.69, 9.17) is 32.7 Å². The molecule has 0 spiro atoms. The van der Waals surface area contributed by atoms with Crippen LogP contribution in [0.1, 0.15) is 13.8 Å². The first-order valence-electron chi connectivity index (χ1n) is 5.82. The van der Waals surface area contributed by atoms with Crippen LogP contribution in [-0.2, 0) is 4.74 Å². The number of rotatable bonds is 7. The average molecular weight is 293 g/mol. The first-order valence-corrected chi connectivity index (χ1v) is 6.58. The molecule has 0 aliphatic heterocycles. The maximum Gasteiger partial charge on any atom is 0.138 e. The Labute approximate surface area is 118 Å². The summed E-state index contributed by atoms with van der Waals surface area (Å²) in [7, 11) is 0. The van der Waals surface area contributed by atoms with Crippen LogP contribution >= 0.6 is 23.2 Å². The van der Waals surface area contributed by atoms with Crippen LogP contribution in [0.3, 0.4) is 0 Å². The van der Waals surface area contributed by atoms with Gasteiger partial charge < -0.3 is 14.6 Å². The van der Waals surface area contributed by atoms with Crippen molar-refractivity contribution in [3.63, 3.8) is 0 Å². The molecule has 0 aromatic heterocycles. The van der Waals surface area contributed by atoms with Crippen molar-refractivity contribution >= 4 is 23.2 Å². The first-order chi connectivity index (χ1) is 8.49. The monoisotopic (exact) mass is 292 g/mol.